The Kier molecular flexibility index (Phi) is 11.1. The molecule has 10 nitrogen and oxygen atoms in total. The van der Waals surface area contributed by atoms with E-state index in [4.69, 9.17) is 9.47 Å². The molecule has 2 atom stereocenters. The number of carbonyl (C=O) groups excluding carboxylic acids is 4. The van der Waals surface area contributed by atoms with Crippen LogP contribution < -0.4 is 5.32 Å². The van der Waals surface area contributed by atoms with E-state index in [2.05, 4.69) is 19.5 Å². The zero-order valence-corrected chi connectivity index (χ0v) is 15.0. The molecule has 0 aliphatic heterocycles. The van der Waals surface area contributed by atoms with Crippen LogP contribution in [0.2, 0.25) is 0 Å². The molecule has 1 amide bonds. The molecule has 0 rings (SSSR count). The fraction of sp³-hybridized carbons (Fsp3) is 0.733. The zero-order chi connectivity index (χ0) is 19.4. The van der Waals surface area contributed by atoms with Gasteiger partial charge in [0.15, 0.2) is 5.92 Å². The van der Waals surface area contributed by atoms with Crippen LogP contribution in [0.15, 0.2) is 0 Å². The van der Waals surface area contributed by atoms with E-state index in [-0.39, 0.29) is 13.2 Å². The Hall–Kier alpha value is -2.20. The highest BCUT2D eigenvalue weighted by Crippen LogP contribution is 2.20. The summed E-state index contributed by atoms with van der Waals surface area (Å²) in [5.74, 6) is -5.61. The number of esters is 3. The van der Waals surface area contributed by atoms with Crippen LogP contribution in [0, 0.1) is 11.8 Å². The van der Waals surface area contributed by atoms with Gasteiger partial charge < -0.3 is 29.0 Å². The first-order chi connectivity index (χ1) is 11.8. The molecule has 0 saturated heterocycles. The van der Waals surface area contributed by atoms with Gasteiger partial charge in [-0.15, -0.1) is 0 Å². The number of amides is 1. The molecule has 10 heteroatoms. The zero-order valence-electron chi connectivity index (χ0n) is 15.0. The fourth-order valence-corrected chi connectivity index (χ4v) is 2.03. The van der Waals surface area contributed by atoms with Crippen LogP contribution >= 0.6 is 0 Å². The molecule has 0 aliphatic carbocycles. The normalized spacial score (nSPS) is 12.9. The second kappa shape index (κ2) is 12.2. The van der Waals surface area contributed by atoms with Crippen molar-refractivity contribution in [1.82, 2.24) is 5.32 Å². The highest BCUT2D eigenvalue weighted by Gasteiger charge is 2.42. The molecule has 0 heterocycles. The molecule has 1 N–H and O–H groups in total. The Morgan fingerprint density at radius 1 is 0.840 bits per heavy atom. The number of nitrogens with one attached hydrogen (secondary N) is 1. The number of carbonyl (C=O) groups is 4. The van der Waals surface area contributed by atoms with Crippen molar-refractivity contribution in [3.8, 4) is 0 Å². The quantitative estimate of drug-likeness (QED) is 0.211. The summed E-state index contributed by atoms with van der Waals surface area (Å²) in [7, 11) is 4.80. The van der Waals surface area contributed by atoms with E-state index in [0.717, 1.165) is 21.3 Å². The highest BCUT2D eigenvalue weighted by molar-refractivity contribution is 5.96. The first kappa shape index (κ1) is 22.8. The number of rotatable bonds is 11. The lowest BCUT2D eigenvalue weighted by atomic mass is 9.87. The van der Waals surface area contributed by atoms with Gasteiger partial charge in [0, 0.05) is 13.0 Å². The summed E-state index contributed by atoms with van der Waals surface area (Å²) in [4.78, 5) is 47.7. The van der Waals surface area contributed by atoms with Gasteiger partial charge in [0.1, 0.15) is 12.6 Å². The Labute approximate surface area is 146 Å². The summed E-state index contributed by atoms with van der Waals surface area (Å²) in [6.45, 7) is 1.59. The smallest absolute Gasteiger partial charge is 0.328 e. The molecular formula is C15H25NO9. The van der Waals surface area contributed by atoms with E-state index in [1.54, 1.807) is 0 Å². The predicted octanol–water partition coefficient (Wildman–Crippen LogP) is -1.09. The van der Waals surface area contributed by atoms with E-state index in [1.807, 2.05) is 0 Å². The van der Waals surface area contributed by atoms with Crippen molar-refractivity contribution in [2.75, 3.05) is 48.3 Å². The van der Waals surface area contributed by atoms with Crippen LogP contribution in [-0.4, -0.2) is 78.1 Å². The molecule has 0 bridgehead atoms. The van der Waals surface area contributed by atoms with Crippen molar-refractivity contribution in [3.63, 3.8) is 0 Å². The van der Waals surface area contributed by atoms with Crippen molar-refractivity contribution in [3.05, 3.63) is 0 Å². The van der Waals surface area contributed by atoms with E-state index < -0.39 is 41.7 Å². The number of hydrogen-bond donors (Lipinski definition) is 1. The van der Waals surface area contributed by atoms with Gasteiger partial charge in [-0.3, -0.25) is 14.4 Å². The van der Waals surface area contributed by atoms with Gasteiger partial charge in [-0.05, 0) is 0 Å². The maximum atomic E-state index is 12.0. The molecular weight excluding hydrogens is 338 g/mol. The molecule has 0 unspecified atom stereocenters. The third-order valence-corrected chi connectivity index (χ3v) is 3.40. The van der Waals surface area contributed by atoms with Crippen LogP contribution in [0.1, 0.15) is 6.92 Å². The predicted molar refractivity (Wildman–Crippen MR) is 83.3 cm³/mol. The van der Waals surface area contributed by atoms with E-state index in [0.29, 0.717) is 6.61 Å². The van der Waals surface area contributed by atoms with Gasteiger partial charge in [0.2, 0.25) is 5.91 Å². The van der Waals surface area contributed by atoms with Crippen molar-refractivity contribution in [1.29, 1.82) is 0 Å². The number of hydrogen-bond acceptors (Lipinski definition) is 9. The molecule has 0 saturated carbocycles. The van der Waals surface area contributed by atoms with Crippen molar-refractivity contribution in [2.45, 2.75) is 13.0 Å². The minimum absolute atomic E-state index is 0.190. The maximum Gasteiger partial charge on any atom is 0.328 e. The lowest BCUT2D eigenvalue weighted by Gasteiger charge is -2.27. The van der Waals surface area contributed by atoms with Crippen LogP contribution in [0.5, 0.6) is 0 Å². The summed E-state index contributed by atoms with van der Waals surface area (Å²) in [5.41, 5.74) is 0. The Balaban J connectivity index is 5.15. The molecule has 0 aromatic rings. The van der Waals surface area contributed by atoms with Crippen LogP contribution in [0.25, 0.3) is 0 Å². The molecule has 0 aromatic carbocycles. The van der Waals surface area contributed by atoms with Gasteiger partial charge in [-0.25, -0.2) is 4.79 Å². The minimum Gasteiger partial charge on any atom is -0.468 e. The molecule has 144 valence electrons. The fourth-order valence-electron chi connectivity index (χ4n) is 2.03. The molecule has 0 aromatic heterocycles. The van der Waals surface area contributed by atoms with Crippen LogP contribution in [0.3, 0.4) is 0 Å². The van der Waals surface area contributed by atoms with E-state index in [9.17, 15) is 19.2 Å². The largest absolute Gasteiger partial charge is 0.468 e. The maximum absolute atomic E-state index is 12.0. The first-order valence-electron chi connectivity index (χ1n) is 7.43. The SMILES string of the molecule is COCCOCC(=O)N[C@H](C(=O)OC)[C@H](C)C(C(=O)OC)C(=O)OC. The third kappa shape index (κ3) is 7.48. The first-order valence-corrected chi connectivity index (χ1v) is 7.43. The Bertz CT molecular complexity index is 450. The van der Waals surface area contributed by atoms with Crippen molar-refractivity contribution in [2.24, 2.45) is 11.8 Å². The lowest BCUT2D eigenvalue weighted by molar-refractivity contribution is -0.163. The van der Waals surface area contributed by atoms with Gasteiger partial charge in [-0.1, -0.05) is 6.92 Å². The summed E-state index contributed by atoms with van der Waals surface area (Å²) in [6, 6.07) is -1.27. The summed E-state index contributed by atoms with van der Waals surface area (Å²) in [5, 5.41) is 2.39. The third-order valence-electron chi connectivity index (χ3n) is 3.40. The molecule has 0 radical (unpaired) electrons. The van der Waals surface area contributed by atoms with Crippen molar-refractivity contribution >= 4 is 23.8 Å². The van der Waals surface area contributed by atoms with Gasteiger partial charge in [0.05, 0.1) is 34.5 Å². The highest BCUT2D eigenvalue weighted by atomic mass is 16.5. The second-order valence-corrected chi connectivity index (χ2v) is 5.00. The van der Waals surface area contributed by atoms with Crippen LogP contribution in [0.4, 0.5) is 0 Å². The van der Waals surface area contributed by atoms with Gasteiger partial charge >= 0.3 is 17.9 Å². The average Bonchev–Trinajstić information content (AvgIpc) is 2.62. The minimum atomic E-state index is -1.41. The van der Waals surface area contributed by atoms with E-state index >= 15 is 0 Å². The van der Waals surface area contributed by atoms with Gasteiger partial charge in [0.25, 0.3) is 0 Å². The van der Waals surface area contributed by atoms with E-state index in [1.165, 1.54) is 14.0 Å². The lowest BCUT2D eigenvalue weighted by Crippen LogP contribution is -2.51. The summed E-state index contributed by atoms with van der Waals surface area (Å²) >= 11 is 0. The summed E-state index contributed by atoms with van der Waals surface area (Å²) < 4.78 is 23.6. The number of methoxy groups -OCH3 is 4. The molecule has 25 heavy (non-hydrogen) atoms. The Morgan fingerprint density at radius 2 is 1.36 bits per heavy atom. The molecule has 0 aliphatic rings. The molecule has 0 spiro atoms. The monoisotopic (exact) mass is 363 g/mol. The van der Waals surface area contributed by atoms with Gasteiger partial charge in [-0.2, -0.15) is 0 Å². The average molecular weight is 363 g/mol. The molecule has 0 fully saturated rings. The van der Waals surface area contributed by atoms with Crippen LogP contribution in [-0.2, 0) is 42.9 Å². The number of ether oxygens (including phenoxy) is 5. The topological polar surface area (TPSA) is 126 Å². The van der Waals surface area contributed by atoms with Crippen molar-refractivity contribution < 1.29 is 42.9 Å². The standard InChI is InChI=1S/C15H25NO9/c1-9(11(13(18)22-3)14(19)23-4)12(15(20)24-5)16-10(17)8-25-7-6-21-2/h9,11-12H,6-8H2,1-5H3,(H,16,17)/t9-,12+/m1/s1. The second-order valence-electron chi connectivity index (χ2n) is 5.00. The Morgan fingerprint density at radius 3 is 1.80 bits per heavy atom. The summed E-state index contributed by atoms with van der Waals surface area (Å²) in [6.07, 6.45) is 0.